The summed E-state index contributed by atoms with van der Waals surface area (Å²) >= 11 is 0. The van der Waals surface area contributed by atoms with Crippen LogP contribution in [0.25, 0.3) is 0 Å². The van der Waals surface area contributed by atoms with Crippen molar-refractivity contribution in [2.24, 2.45) is 11.8 Å². The fraction of sp³-hybridized carbons (Fsp3) is 0.486. The summed E-state index contributed by atoms with van der Waals surface area (Å²) in [6, 6.07) is 9.74. The molecule has 5 N–H and O–H groups in total. The van der Waals surface area contributed by atoms with E-state index in [4.69, 9.17) is 0 Å². The first-order valence-electron chi connectivity index (χ1n) is 17.7. The molecule has 2 aliphatic heterocycles. The lowest BCUT2D eigenvalue weighted by atomic mass is 10.0. The summed E-state index contributed by atoms with van der Waals surface area (Å²) < 4.78 is 9.31. The van der Waals surface area contributed by atoms with E-state index in [-0.39, 0.29) is 35.5 Å². The summed E-state index contributed by atoms with van der Waals surface area (Å²) in [5, 5.41) is 13.6. The highest BCUT2D eigenvalue weighted by Gasteiger charge is 2.40. The van der Waals surface area contributed by atoms with Gasteiger partial charge < -0.3 is 45.9 Å². The lowest BCUT2D eigenvalue weighted by molar-refractivity contribution is -0.139. The van der Waals surface area contributed by atoms with Crippen molar-refractivity contribution in [2.75, 3.05) is 43.3 Å². The Balaban J connectivity index is 1.31. The maximum atomic E-state index is 13.3. The normalized spacial score (nSPS) is 17.8. The molecule has 2 aromatic carbocycles. The van der Waals surface area contributed by atoms with Gasteiger partial charge in [0.1, 0.15) is 24.2 Å². The van der Waals surface area contributed by atoms with Gasteiger partial charge in [-0.15, -0.1) is 0 Å². The number of methoxy groups -OCH3 is 2. The molecule has 7 amide bonds. The zero-order valence-corrected chi connectivity index (χ0v) is 30.9. The van der Waals surface area contributed by atoms with E-state index in [0.717, 1.165) is 0 Å². The zero-order valence-electron chi connectivity index (χ0n) is 30.9. The molecule has 4 atom stereocenters. The average molecular weight is 736 g/mol. The van der Waals surface area contributed by atoms with Crippen molar-refractivity contribution in [2.45, 2.75) is 77.5 Å². The number of amides is 7. The minimum absolute atomic E-state index is 0.220. The molecule has 53 heavy (non-hydrogen) atoms. The third kappa shape index (κ3) is 10.2. The van der Waals surface area contributed by atoms with Crippen molar-refractivity contribution in [1.29, 1.82) is 0 Å². The van der Waals surface area contributed by atoms with Crippen LogP contribution in [0.15, 0.2) is 48.5 Å². The van der Waals surface area contributed by atoms with Crippen LogP contribution in [0.4, 0.5) is 26.7 Å². The molecular formula is C37H49N7O9. The largest absolute Gasteiger partial charge is 0.453 e. The summed E-state index contributed by atoms with van der Waals surface area (Å²) in [4.78, 5) is 92.6. The number of alkyl carbamates (subject to hydrolysis) is 2. The van der Waals surface area contributed by atoms with E-state index in [1.165, 1.54) is 24.0 Å². The number of carbonyl (C=O) groups excluding carboxylic acids is 7. The number of nitrogens with one attached hydrogen (secondary N) is 5. The van der Waals surface area contributed by atoms with E-state index in [2.05, 4.69) is 36.1 Å². The van der Waals surface area contributed by atoms with Gasteiger partial charge in [0, 0.05) is 35.7 Å². The molecule has 0 radical (unpaired) electrons. The maximum Gasteiger partial charge on any atom is 0.407 e. The SMILES string of the molecule is COC(=O)NC(C(=O)N1CCCC1C(=O)Nc1ccc(NC(=O)c2ccc(NC(=O)C3CCCN3C(=O)C(NC(=O)OC)C(C)C)cc2)cc1)C(C)C. The Hall–Kier alpha value is -5.67. The van der Waals surface area contributed by atoms with Crippen LogP contribution in [0.2, 0.25) is 0 Å². The molecule has 16 nitrogen and oxygen atoms in total. The molecule has 2 aromatic rings. The molecule has 0 aromatic heterocycles. The number of ether oxygens (including phenoxy) is 2. The molecule has 2 saturated heterocycles. The fourth-order valence-electron chi connectivity index (χ4n) is 6.36. The molecule has 0 bridgehead atoms. The minimum atomic E-state index is -0.842. The van der Waals surface area contributed by atoms with Gasteiger partial charge in [-0.05, 0) is 86.1 Å². The van der Waals surface area contributed by atoms with Gasteiger partial charge >= 0.3 is 12.2 Å². The van der Waals surface area contributed by atoms with Gasteiger partial charge in [-0.2, -0.15) is 0 Å². The lowest BCUT2D eigenvalue weighted by Gasteiger charge is -2.30. The second-order valence-electron chi connectivity index (χ2n) is 13.7. The summed E-state index contributed by atoms with van der Waals surface area (Å²) in [5.74, 6) is -2.28. The van der Waals surface area contributed by atoms with Crippen LogP contribution < -0.4 is 26.6 Å². The van der Waals surface area contributed by atoms with Crippen LogP contribution in [0.3, 0.4) is 0 Å². The summed E-state index contributed by atoms with van der Waals surface area (Å²) in [6.45, 7) is 7.96. The van der Waals surface area contributed by atoms with E-state index in [0.29, 0.717) is 61.4 Å². The van der Waals surface area contributed by atoms with Gasteiger partial charge in [-0.1, -0.05) is 27.7 Å². The topological polar surface area (TPSA) is 205 Å². The van der Waals surface area contributed by atoms with Crippen molar-refractivity contribution in [3.8, 4) is 0 Å². The Bertz CT molecular complexity index is 1660. The van der Waals surface area contributed by atoms with Crippen LogP contribution in [-0.4, -0.2) is 103 Å². The molecule has 286 valence electrons. The van der Waals surface area contributed by atoms with Crippen molar-refractivity contribution >= 4 is 58.8 Å². The average Bonchev–Trinajstić information content (AvgIpc) is 3.84. The summed E-state index contributed by atoms with van der Waals surface area (Å²) in [7, 11) is 2.44. The van der Waals surface area contributed by atoms with E-state index in [1.807, 2.05) is 0 Å². The number of anilines is 3. The maximum absolute atomic E-state index is 13.3. The van der Waals surface area contributed by atoms with Crippen LogP contribution >= 0.6 is 0 Å². The van der Waals surface area contributed by atoms with Crippen LogP contribution in [0, 0.1) is 11.8 Å². The van der Waals surface area contributed by atoms with E-state index in [9.17, 15) is 33.6 Å². The first kappa shape index (κ1) is 40.1. The van der Waals surface area contributed by atoms with Crippen LogP contribution in [0.1, 0.15) is 63.7 Å². The number of hydrogen-bond acceptors (Lipinski definition) is 9. The number of nitrogens with zero attached hydrogens (tertiary/aromatic N) is 2. The van der Waals surface area contributed by atoms with Crippen molar-refractivity contribution in [3.05, 3.63) is 54.1 Å². The molecule has 16 heteroatoms. The van der Waals surface area contributed by atoms with Crippen LogP contribution in [0.5, 0.6) is 0 Å². The fourth-order valence-corrected chi connectivity index (χ4v) is 6.36. The third-order valence-corrected chi connectivity index (χ3v) is 9.28. The smallest absolute Gasteiger partial charge is 0.407 e. The molecule has 2 aliphatic rings. The Kier molecular flexibility index (Phi) is 13.8. The molecule has 0 aliphatic carbocycles. The third-order valence-electron chi connectivity index (χ3n) is 9.28. The second-order valence-corrected chi connectivity index (χ2v) is 13.7. The van der Waals surface area contributed by atoms with E-state index < -0.39 is 42.3 Å². The lowest BCUT2D eigenvalue weighted by Crippen LogP contribution is -2.54. The van der Waals surface area contributed by atoms with Gasteiger partial charge in [-0.3, -0.25) is 24.0 Å². The van der Waals surface area contributed by atoms with Crippen molar-refractivity contribution in [3.63, 3.8) is 0 Å². The molecule has 4 rings (SSSR count). The second kappa shape index (κ2) is 18.2. The van der Waals surface area contributed by atoms with Gasteiger partial charge in [0.2, 0.25) is 23.6 Å². The molecular weight excluding hydrogens is 686 g/mol. The van der Waals surface area contributed by atoms with Crippen molar-refractivity contribution < 1.29 is 43.0 Å². The Morgan fingerprint density at radius 3 is 1.30 bits per heavy atom. The van der Waals surface area contributed by atoms with Gasteiger partial charge in [-0.25, -0.2) is 9.59 Å². The first-order chi connectivity index (χ1) is 25.2. The Labute approximate surface area is 308 Å². The predicted octanol–water partition coefficient (Wildman–Crippen LogP) is 3.56. The molecule has 2 heterocycles. The minimum Gasteiger partial charge on any atom is -0.453 e. The van der Waals surface area contributed by atoms with E-state index in [1.54, 1.807) is 76.2 Å². The standard InChI is InChI=1S/C37H49N7O9/c1-21(2)29(41-36(50)52-5)34(48)43-19-7-9-27(43)32(46)39-24-13-11-23(12-14-24)31(45)38-25-15-17-26(18-16-25)40-33(47)28-10-8-20-44(28)35(49)30(22(3)4)42-37(51)53-6/h11-18,21-22,27-30H,7-10,19-20H2,1-6H3,(H,38,45)(H,39,46)(H,40,47)(H,41,50)(H,42,51). The number of carbonyl (C=O) groups is 7. The molecule has 0 saturated carbocycles. The van der Waals surface area contributed by atoms with Crippen molar-refractivity contribution in [1.82, 2.24) is 20.4 Å². The zero-order chi connectivity index (χ0) is 38.8. The summed E-state index contributed by atoms with van der Waals surface area (Å²) in [5.41, 5.74) is 1.73. The molecule has 2 fully saturated rings. The monoisotopic (exact) mass is 735 g/mol. The van der Waals surface area contributed by atoms with E-state index >= 15 is 0 Å². The molecule has 0 spiro atoms. The summed E-state index contributed by atoms with van der Waals surface area (Å²) in [6.07, 6.45) is 0.777. The highest BCUT2D eigenvalue weighted by atomic mass is 16.5. The quantitative estimate of drug-likeness (QED) is 0.216. The predicted molar refractivity (Wildman–Crippen MR) is 196 cm³/mol. The Morgan fingerprint density at radius 2 is 0.943 bits per heavy atom. The van der Waals surface area contributed by atoms with Gasteiger partial charge in [0.05, 0.1) is 14.2 Å². The number of likely N-dealkylation sites (tertiary alicyclic amines) is 2. The van der Waals surface area contributed by atoms with Gasteiger partial charge in [0.15, 0.2) is 0 Å². The highest BCUT2D eigenvalue weighted by Crippen LogP contribution is 2.24. The molecule has 4 unspecified atom stereocenters. The highest BCUT2D eigenvalue weighted by molar-refractivity contribution is 6.05. The van der Waals surface area contributed by atoms with Crippen LogP contribution in [-0.2, 0) is 28.7 Å². The first-order valence-corrected chi connectivity index (χ1v) is 17.7. The van der Waals surface area contributed by atoms with Gasteiger partial charge in [0.25, 0.3) is 5.91 Å². The number of hydrogen-bond donors (Lipinski definition) is 5. The Morgan fingerprint density at radius 1 is 0.585 bits per heavy atom. The number of benzene rings is 2. The number of rotatable bonds is 12.